The predicted molar refractivity (Wildman–Crippen MR) is 101 cm³/mol. The van der Waals surface area contributed by atoms with Gasteiger partial charge < -0.3 is 15.0 Å². The number of ether oxygens (including phenoxy) is 1. The molecule has 5 nitrogen and oxygen atoms in total. The van der Waals surface area contributed by atoms with Crippen LogP contribution in [-0.2, 0) is 9.53 Å². The fourth-order valence-corrected chi connectivity index (χ4v) is 2.69. The van der Waals surface area contributed by atoms with E-state index in [4.69, 9.17) is 4.74 Å². The number of hydrogen-bond donors (Lipinski definition) is 1. The van der Waals surface area contributed by atoms with Crippen LogP contribution in [0.1, 0.15) is 54.4 Å². The van der Waals surface area contributed by atoms with Crippen molar-refractivity contribution in [2.75, 3.05) is 6.54 Å². The van der Waals surface area contributed by atoms with Gasteiger partial charge in [-0.3, -0.25) is 4.79 Å². The van der Waals surface area contributed by atoms with Crippen molar-refractivity contribution in [2.45, 2.75) is 66.0 Å². The number of carbonyl (C=O) groups excluding carboxylic acids is 2. The third-order valence-corrected chi connectivity index (χ3v) is 4.00. The number of carbonyl (C=O) groups is 2. The largest absolute Gasteiger partial charge is 0.444 e. The van der Waals surface area contributed by atoms with E-state index in [1.165, 1.54) is 0 Å². The van der Waals surface area contributed by atoms with Crippen LogP contribution in [-0.4, -0.2) is 35.1 Å². The first kappa shape index (κ1) is 21.0. The SMILES string of the molecule is C=C(C)/C=C\C(=C/C)NC(=O)C1CCN(C(=O)OC(C)(C)C)C(C)C1. The molecule has 1 fully saturated rings. The highest BCUT2D eigenvalue weighted by Gasteiger charge is 2.34. The quantitative estimate of drug-likeness (QED) is 0.776. The van der Waals surface area contributed by atoms with Gasteiger partial charge in [-0.15, -0.1) is 0 Å². The van der Waals surface area contributed by atoms with Gasteiger partial charge in [-0.2, -0.15) is 0 Å². The minimum atomic E-state index is -0.512. The molecule has 2 amide bonds. The van der Waals surface area contributed by atoms with Crippen molar-refractivity contribution < 1.29 is 14.3 Å². The Morgan fingerprint density at radius 2 is 1.92 bits per heavy atom. The van der Waals surface area contributed by atoms with Gasteiger partial charge in [-0.05, 0) is 60.5 Å². The summed E-state index contributed by atoms with van der Waals surface area (Å²) in [5.41, 5.74) is 1.17. The number of nitrogens with one attached hydrogen (secondary N) is 1. The van der Waals surface area contributed by atoms with E-state index in [1.807, 2.05) is 59.8 Å². The lowest BCUT2D eigenvalue weighted by Gasteiger charge is -2.37. The van der Waals surface area contributed by atoms with E-state index in [9.17, 15) is 9.59 Å². The van der Waals surface area contributed by atoms with Crippen molar-refractivity contribution in [2.24, 2.45) is 5.92 Å². The number of piperidine rings is 1. The number of rotatable bonds is 4. The van der Waals surface area contributed by atoms with Gasteiger partial charge in [-0.25, -0.2) is 4.79 Å². The molecule has 0 bridgehead atoms. The van der Waals surface area contributed by atoms with Crippen LogP contribution in [0.5, 0.6) is 0 Å². The Labute approximate surface area is 151 Å². The summed E-state index contributed by atoms with van der Waals surface area (Å²) in [6.07, 6.45) is 6.53. The van der Waals surface area contributed by atoms with E-state index in [0.29, 0.717) is 19.4 Å². The van der Waals surface area contributed by atoms with E-state index < -0.39 is 5.60 Å². The lowest BCUT2D eigenvalue weighted by molar-refractivity contribution is -0.126. The monoisotopic (exact) mass is 348 g/mol. The fraction of sp³-hybridized carbons (Fsp3) is 0.600. The molecule has 25 heavy (non-hydrogen) atoms. The Hall–Kier alpha value is -2.04. The molecule has 0 spiro atoms. The van der Waals surface area contributed by atoms with Crippen molar-refractivity contribution in [3.63, 3.8) is 0 Å². The smallest absolute Gasteiger partial charge is 0.410 e. The number of likely N-dealkylation sites (tertiary alicyclic amines) is 1. The third kappa shape index (κ3) is 7.16. The van der Waals surface area contributed by atoms with Gasteiger partial charge in [0, 0.05) is 24.2 Å². The molecule has 0 radical (unpaired) electrons. The summed E-state index contributed by atoms with van der Waals surface area (Å²) >= 11 is 0. The maximum atomic E-state index is 12.5. The summed E-state index contributed by atoms with van der Waals surface area (Å²) in [5.74, 6) is -0.114. The number of hydrogen-bond acceptors (Lipinski definition) is 3. The third-order valence-electron chi connectivity index (χ3n) is 4.00. The maximum absolute atomic E-state index is 12.5. The second-order valence-corrected chi connectivity index (χ2v) is 7.66. The predicted octanol–water partition coefficient (Wildman–Crippen LogP) is 4.17. The van der Waals surface area contributed by atoms with E-state index in [-0.39, 0.29) is 24.0 Å². The van der Waals surface area contributed by atoms with Crippen molar-refractivity contribution in [1.82, 2.24) is 10.2 Å². The molecule has 2 unspecified atom stereocenters. The standard InChI is InChI=1S/C20H32N2O3/c1-8-17(10-9-14(2)3)21-18(23)16-11-12-22(15(4)13-16)19(24)25-20(5,6)7/h8-10,15-16H,2,11-13H2,1,3-7H3,(H,21,23)/b10-9-,17-8+. The summed E-state index contributed by atoms with van der Waals surface area (Å²) in [7, 11) is 0. The van der Waals surface area contributed by atoms with Crippen molar-refractivity contribution >= 4 is 12.0 Å². The normalized spacial score (nSPS) is 22.0. The molecule has 1 heterocycles. The number of allylic oxidation sites excluding steroid dienone is 4. The van der Waals surface area contributed by atoms with Crippen LogP contribution in [0, 0.1) is 5.92 Å². The van der Waals surface area contributed by atoms with Crippen LogP contribution < -0.4 is 5.32 Å². The van der Waals surface area contributed by atoms with Crippen LogP contribution in [0.2, 0.25) is 0 Å². The molecule has 0 aromatic heterocycles. The molecule has 0 aromatic rings. The zero-order valence-electron chi connectivity index (χ0n) is 16.4. The first-order valence-electron chi connectivity index (χ1n) is 8.84. The minimum absolute atomic E-state index is 0.00449. The van der Waals surface area contributed by atoms with Crippen molar-refractivity contribution in [3.8, 4) is 0 Å². The van der Waals surface area contributed by atoms with Crippen LogP contribution in [0.15, 0.2) is 36.1 Å². The summed E-state index contributed by atoms with van der Waals surface area (Å²) < 4.78 is 5.44. The maximum Gasteiger partial charge on any atom is 0.410 e. The van der Waals surface area contributed by atoms with Gasteiger partial charge in [-0.1, -0.05) is 24.3 Å². The highest BCUT2D eigenvalue weighted by molar-refractivity contribution is 5.81. The topological polar surface area (TPSA) is 58.6 Å². The van der Waals surface area contributed by atoms with Gasteiger partial charge in [0.15, 0.2) is 0 Å². The first-order chi connectivity index (χ1) is 11.5. The van der Waals surface area contributed by atoms with E-state index in [1.54, 1.807) is 4.90 Å². The Morgan fingerprint density at radius 1 is 1.28 bits per heavy atom. The van der Waals surface area contributed by atoms with Crippen molar-refractivity contribution in [3.05, 3.63) is 36.1 Å². The molecular weight excluding hydrogens is 316 g/mol. The number of amides is 2. The molecule has 0 aliphatic carbocycles. The minimum Gasteiger partial charge on any atom is -0.444 e. The molecule has 0 saturated carbocycles. The van der Waals surface area contributed by atoms with Crippen LogP contribution in [0.4, 0.5) is 4.79 Å². The Morgan fingerprint density at radius 3 is 2.40 bits per heavy atom. The lowest BCUT2D eigenvalue weighted by Crippen LogP contribution is -2.49. The van der Waals surface area contributed by atoms with Crippen LogP contribution in [0.25, 0.3) is 0 Å². The van der Waals surface area contributed by atoms with Crippen LogP contribution >= 0.6 is 0 Å². The molecule has 1 aliphatic heterocycles. The van der Waals surface area contributed by atoms with E-state index in [0.717, 1.165) is 11.3 Å². The zero-order valence-corrected chi connectivity index (χ0v) is 16.4. The highest BCUT2D eigenvalue weighted by atomic mass is 16.6. The van der Waals surface area contributed by atoms with Gasteiger partial charge in [0.1, 0.15) is 5.60 Å². The average molecular weight is 348 g/mol. The first-order valence-corrected chi connectivity index (χ1v) is 8.84. The van der Waals surface area contributed by atoms with Gasteiger partial charge in [0.25, 0.3) is 0 Å². The molecule has 140 valence electrons. The molecule has 2 atom stereocenters. The number of nitrogens with zero attached hydrogens (tertiary/aromatic N) is 1. The second-order valence-electron chi connectivity index (χ2n) is 7.66. The van der Waals surface area contributed by atoms with Gasteiger partial charge >= 0.3 is 6.09 Å². The highest BCUT2D eigenvalue weighted by Crippen LogP contribution is 2.25. The summed E-state index contributed by atoms with van der Waals surface area (Å²) in [6.45, 7) is 15.6. The lowest BCUT2D eigenvalue weighted by atomic mass is 9.91. The molecule has 1 aliphatic rings. The van der Waals surface area contributed by atoms with E-state index >= 15 is 0 Å². The molecule has 0 aromatic carbocycles. The summed E-state index contributed by atoms with van der Waals surface area (Å²) in [4.78, 5) is 26.5. The Bertz CT molecular complexity index is 570. The summed E-state index contributed by atoms with van der Waals surface area (Å²) in [6, 6.07) is -0.0284. The zero-order chi connectivity index (χ0) is 19.2. The molecule has 1 rings (SSSR count). The fourth-order valence-electron chi connectivity index (χ4n) is 2.69. The average Bonchev–Trinajstić information content (AvgIpc) is 2.48. The second kappa shape index (κ2) is 8.88. The Balaban J connectivity index is 2.63. The van der Waals surface area contributed by atoms with Gasteiger partial charge in [0.2, 0.25) is 5.91 Å². The van der Waals surface area contributed by atoms with Gasteiger partial charge in [0.05, 0.1) is 0 Å². The molecule has 5 heteroatoms. The van der Waals surface area contributed by atoms with Crippen molar-refractivity contribution in [1.29, 1.82) is 0 Å². The molecular formula is C20H32N2O3. The Kier molecular flexibility index (Phi) is 7.46. The van der Waals surface area contributed by atoms with E-state index in [2.05, 4.69) is 11.9 Å². The molecule has 1 N–H and O–H groups in total. The molecule has 1 saturated heterocycles. The van der Waals surface area contributed by atoms with Crippen LogP contribution in [0.3, 0.4) is 0 Å². The summed E-state index contributed by atoms with van der Waals surface area (Å²) in [5, 5.41) is 2.95.